The number of thiazole rings is 1. The van der Waals surface area contributed by atoms with Gasteiger partial charge in [-0.05, 0) is 15.9 Å². The van der Waals surface area contributed by atoms with Crippen molar-refractivity contribution in [1.29, 1.82) is 0 Å². The molecule has 0 bridgehead atoms. The van der Waals surface area contributed by atoms with E-state index in [1.54, 1.807) is 6.20 Å². The van der Waals surface area contributed by atoms with Crippen LogP contribution in [0.1, 0.15) is 5.01 Å². The zero-order valence-corrected chi connectivity index (χ0v) is 6.91. The van der Waals surface area contributed by atoms with Gasteiger partial charge < -0.3 is 4.79 Å². The number of carbonyl (C=O) groups excluding carboxylic acids is 1. The number of hydrogen-bond acceptors (Lipinski definition) is 3. The Morgan fingerprint density at radius 2 is 2.67 bits per heavy atom. The molecule has 0 radical (unpaired) electrons. The Bertz CT molecular complexity index is 210. The molecule has 2 nitrogen and oxygen atoms in total. The molecule has 1 rings (SSSR count). The second-order valence-corrected chi connectivity index (χ2v) is 3.92. The minimum atomic E-state index is 0.427. The molecule has 4 heteroatoms. The minimum Gasteiger partial charge on any atom is -0.303 e. The molecule has 0 N–H and O–H groups in total. The van der Waals surface area contributed by atoms with E-state index in [-0.39, 0.29) is 0 Å². The first-order chi connectivity index (χ1) is 4.33. The molecule has 1 aromatic rings. The number of halogens is 1. The summed E-state index contributed by atoms with van der Waals surface area (Å²) in [6, 6.07) is 0. The third-order valence-electron chi connectivity index (χ3n) is 0.783. The zero-order chi connectivity index (χ0) is 6.69. The first-order valence-corrected chi connectivity index (χ1v) is 3.97. The fraction of sp³-hybridized carbons (Fsp3) is 0.200. The lowest BCUT2D eigenvalue weighted by atomic mass is 10.5. The van der Waals surface area contributed by atoms with Crippen molar-refractivity contribution >= 4 is 33.6 Å². The summed E-state index contributed by atoms with van der Waals surface area (Å²) in [6.45, 7) is 0. The van der Waals surface area contributed by atoms with Crippen LogP contribution in [-0.2, 0) is 11.2 Å². The SMILES string of the molecule is O=CCc1ncc(Br)s1. The molecule has 0 aromatic carbocycles. The second kappa shape index (κ2) is 3.08. The van der Waals surface area contributed by atoms with Crippen molar-refractivity contribution in [2.75, 3.05) is 0 Å². The van der Waals surface area contributed by atoms with Gasteiger partial charge in [0.15, 0.2) is 0 Å². The summed E-state index contributed by atoms with van der Waals surface area (Å²) < 4.78 is 0.972. The average molecular weight is 206 g/mol. The van der Waals surface area contributed by atoms with Crippen LogP contribution in [0.5, 0.6) is 0 Å². The molecule has 9 heavy (non-hydrogen) atoms. The van der Waals surface area contributed by atoms with Gasteiger partial charge in [-0.15, -0.1) is 11.3 Å². The highest BCUT2D eigenvalue weighted by atomic mass is 79.9. The third-order valence-corrected chi connectivity index (χ3v) is 2.28. The lowest BCUT2D eigenvalue weighted by Crippen LogP contribution is -1.80. The van der Waals surface area contributed by atoms with Crippen molar-refractivity contribution in [3.8, 4) is 0 Å². The first kappa shape index (κ1) is 6.89. The summed E-state index contributed by atoms with van der Waals surface area (Å²) in [7, 11) is 0. The lowest BCUT2D eigenvalue weighted by Gasteiger charge is -1.77. The molecule has 0 unspecified atom stereocenters. The topological polar surface area (TPSA) is 30.0 Å². The number of aromatic nitrogens is 1. The molecule has 0 aliphatic rings. The molecule has 0 fully saturated rings. The third kappa shape index (κ3) is 1.87. The number of aldehydes is 1. The average Bonchev–Trinajstić information content (AvgIpc) is 2.17. The highest BCUT2D eigenvalue weighted by Gasteiger charge is 1.95. The number of carbonyl (C=O) groups is 1. The molecule has 1 aromatic heterocycles. The van der Waals surface area contributed by atoms with Gasteiger partial charge >= 0.3 is 0 Å². The van der Waals surface area contributed by atoms with E-state index >= 15 is 0 Å². The predicted molar refractivity (Wildman–Crippen MR) is 39.6 cm³/mol. The van der Waals surface area contributed by atoms with E-state index in [2.05, 4.69) is 20.9 Å². The second-order valence-electron chi connectivity index (χ2n) is 1.43. The molecule has 0 saturated heterocycles. The van der Waals surface area contributed by atoms with Crippen LogP contribution in [0.3, 0.4) is 0 Å². The fourth-order valence-electron chi connectivity index (χ4n) is 0.454. The van der Waals surface area contributed by atoms with Crippen molar-refractivity contribution in [2.24, 2.45) is 0 Å². The lowest BCUT2D eigenvalue weighted by molar-refractivity contribution is -0.107. The quantitative estimate of drug-likeness (QED) is 0.688. The van der Waals surface area contributed by atoms with Crippen LogP contribution >= 0.6 is 27.3 Å². The predicted octanol–water partition coefficient (Wildman–Crippen LogP) is 1.65. The van der Waals surface area contributed by atoms with Gasteiger partial charge in [-0.25, -0.2) is 4.98 Å². The molecule has 1 heterocycles. The summed E-state index contributed by atoms with van der Waals surface area (Å²) in [5.41, 5.74) is 0. The van der Waals surface area contributed by atoms with Gasteiger partial charge in [0.25, 0.3) is 0 Å². The zero-order valence-electron chi connectivity index (χ0n) is 4.50. The largest absolute Gasteiger partial charge is 0.303 e. The molecule has 0 aliphatic heterocycles. The van der Waals surface area contributed by atoms with Crippen LogP contribution in [0.15, 0.2) is 9.98 Å². The molecule has 0 amide bonds. The van der Waals surface area contributed by atoms with Gasteiger partial charge in [-0.2, -0.15) is 0 Å². The summed E-state index contributed by atoms with van der Waals surface area (Å²) in [6.07, 6.45) is 2.98. The highest BCUT2D eigenvalue weighted by molar-refractivity contribution is 9.11. The summed E-state index contributed by atoms with van der Waals surface area (Å²) in [5, 5.41) is 0.858. The van der Waals surface area contributed by atoms with E-state index in [1.807, 2.05) is 0 Å². The van der Waals surface area contributed by atoms with E-state index in [0.717, 1.165) is 15.1 Å². The molecule has 0 atom stereocenters. The van der Waals surface area contributed by atoms with Crippen LogP contribution in [0.25, 0.3) is 0 Å². The van der Waals surface area contributed by atoms with Crippen LogP contribution in [0.4, 0.5) is 0 Å². The Kier molecular flexibility index (Phi) is 2.36. The number of nitrogens with zero attached hydrogens (tertiary/aromatic N) is 1. The van der Waals surface area contributed by atoms with E-state index in [0.29, 0.717) is 6.42 Å². The fourth-order valence-corrected chi connectivity index (χ4v) is 1.70. The molecule has 48 valence electrons. The summed E-state index contributed by atoms with van der Waals surface area (Å²) in [4.78, 5) is 13.9. The van der Waals surface area contributed by atoms with Crippen LogP contribution < -0.4 is 0 Å². The van der Waals surface area contributed by atoms with Crippen LogP contribution in [0.2, 0.25) is 0 Å². The van der Waals surface area contributed by atoms with E-state index in [4.69, 9.17) is 0 Å². The first-order valence-electron chi connectivity index (χ1n) is 2.37. The molecular formula is C5H4BrNOS. The van der Waals surface area contributed by atoms with E-state index in [1.165, 1.54) is 11.3 Å². The van der Waals surface area contributed by atoms with Crippen LogP contribution in [0, 0.1) is 0 Å². The van der Waals surface area contributed by atoms with Crippen molar-refractivity contribution in [3.63, 3.8) is 0 Å². The number of hydrogen-bond donors (Lipinski definition) is 0. The van der Waals surface area contributed by atoms with Crippen molar-refractivity contribution in [2.45, 2.75) is 6.42 Å². The van der Waals surface area contributed by atoms with E-state index < -0.39 is 0 Å². The maximum Gasteiger partial charge on any atom is 0.126 e. The number of rotatable bonds is 2. The van der Waals surface area contributed by atoms with E-state index in [9.17, 15) is 4.79 Å². The van der Waals surface area contributed by atoms with Crippen molar-refractivity contribution in [3.05, 3.63) is 15.0 Å². The maximum atomic E-state index is 9.93. The standard InChI is InChI=1S/C5H4BrNOS/c6-4-3-7-5(9-4)1-2-8/h2-3H,1H2. The van der Waals surface area contributed by atoms with Gasteiger partial charge in [0, 0.05) is 0 Å². The Labute approximate surface area is 65.1 Å². The summed E-state index contributed by atoms with van der Waals surface area (Å²) in [5.74, 6) is 0. The van der Waals surface area contributed by atoms with Crippen molar-refractivity contribution in [1.82, 2.24) is 4.98 Å². The Hall–Kier alpha value is -0.220. The molecule has 0 aliphatic carbocycles. The van der Waals surface area contributed by atoms with Gasteiger partial charge in [0.2, 0.25) is 0 Å². The molecule has 0 saturated carbocycles. The monoisotopic (exact) mass is 205 g/mol. The smallest absolute Gasteiger partial charge is 0.126 e. The minimum absolute atomic E-state index is 0.427. The Morgan fingerprint density at radius 3 is 3.11 bits per heavy atom. The normalized spacial score (nSPS) is 9.44. The van der Waals surface area contributed by atoms with Gasteiger partial charge in [-0.3, -0.25) is 0 Å². The van der Waals surface area contributed by atoms with Gasteiger partial charge in [-0.1, -0.05) is 0 Å². The van der Waals surface area contributed by atoms with Gasteiger partial charge in [0.05, 0.1) is 16.4 Å². The summed E-state index contributed by atoms with van der Waals surface area (Å²) >= 11 is 4.73. The van der Waals surface area contributed by atoms with Crippen molar-refractivity contribution < 1.29 is 4.79 Å². The van der Waals surface area contributed by atoms with Crippen LogP contribution in [-0.4, -0.2) is 11.3 Å². The Morgan fingerprint density at radius 1 is 1.89 bits per heavy atom. The maximum absolute atomic E-state index is 9.93. The molecule has 0 spiro atoms. The Balaban J connectivity index is 2.72. The van der Waals surface area contributed by atoms with Gasteiger partial charge in [0.1, 0.15) is 11.3 Å². The highest BCUT2D eigenvalue weighted by Crippen LogP contribution is 2.18. The molecular weight excluding hydrogens is 202 g/mol.